The molecule has 2 atom stereocenters. The fourth-order valence-electron chi connectivity index (χ4n) is 2.57. The Morgan fingerprint density at radius 3 is 2.48 bits per heavy atom. The lowest BCUT2D eigenvalue weighted by molar-refractivity contribution is 0.116. The van der Waals surface area contributed by atoms with Crippen LogP contribution in [0.4, 0.5) is 4.79 Å². The zero-order valence-corrected chi connectivity index (χ0v) is 15.5. The van der Waals surface area contributed by atoms with Crippen LogP contribution >= 0.6 is 11.3 Å². The summed E-state index contributed by atoms with van der Waals surface area (Å²) >= 11 is 1.56. The second-order valence-corrected chi connectivity index (χ2v) is 8.62. The minimum Gasteiger partial charge on any atom is -0.396 e. The zero-order valence-electron chi connectivity index (χ0n) is 14.7. The smallest absolute Gasteiger partial charge is 0.315 e. The first-order chi connectivity index (χ1) is 10.6. The van der Waals surface area contributed by atoms with Crippen LogP contribution in [0.2, 0.25) is 0 Å². The molecule has 1 aromatic heterocycles. The van der Waals surface area contributed by atoms with Crippen molar-refractivity contribution in [2.75, 3.05) is 13.2 Å². The Labute approximate surface area is 143 Å². The van der Waals surface area contributed by atoms with Gasteiger partial charge in [-0.25, -0.2) is 4.79 Å². The summed E-state index contributed by atoms with van der Waals surface area (Å²) in [5.41, 5.74) is -0.645. The lowest BCUT2D eigenvalue weighted by Gasteiger charge is -2.33. The van der Waals surface area contributed by atoms with E-state index >= 15 is 0 Å². The molecule has 0 aliphatic heterocycles. The van der Waals surface area contributed by atoms with Crippen molar-refractivity contribution < 1.29 is 15.0 Å². The Morgan fingerprint density at radius 2 is 2.00 bits per heavy atom. The summed E-state index contributed by atoms with van der Waals surface area (Å²) in [6, 6.07) is 3.38. The zero-order chi connectivity index (χ0) is 17.7. The van der Waals surface area contributed by atoms with E-state index in [0.29, 0.717) is 13.0 Å². The fraction of sp³-hybridized carbons (Fsp3) is 0.706. The molecule has 0 fully saturated rings. The van der Waals surface area contributed by atoms with Gasteiger partial charge in [0.2, 0.25) is 0 Å². The maximum Gasteiger partial charge on any atom is 0.315 e. The Bertz CT molecular complexity index is 484. The molecule has 6 heteroatoms. The molecular weight excluding hydrogens is 312 g/mol. The molecule has 1 heterocycles. The van der Waals surface area contributed by atoms with Crippen LogP contribution in [0.5, 0.6) is 0 Å². The highest BCUT2D eigenvalue weighted by atomic mass is 32.1. The van der Waals surface area contributed by atoms with E-state index in [0.717, 1.165) is 4.88 Å². The molecule has 0 saturated heterocycles. The lowest BCUT2D eigenvalue weighted by atomic mass is 9.84. The molecular formula is C17H30N2O3S. The van der Waals surface area contributed by atoms with Gasteiger partial charge in [0.1, 0.15) is 0 Å². The highest BCUT2D eigenvalue weighted by Crippen LogP contribution is 2.35. The number of carbonyl (C=O) groups is 1. The number of urea groups is 1. The summed E-state index contributed by atoms with van der Waals surface area (Å²) < 4.78 is 0. The average Bonchev–Trinajstić information content (AvgIpc) is 2.94. The minimum absolute atomic E-state index is 0.0244. The molecule has 1 aromatic rings. The standard InChI is InChI=1S/C17H30N2O3S/c1-12(21)9-16(2,3)10-18-15(22)19-14(17(4,5)11-20)13-7-6-8-23-13/h6-8,12,14,20-21H,9-11H2,1-5H3,(H2,18,19,22). The molecule has 2 unspecified atom stereocenters. The molecule has 0 aliphatic rings. The van der Waals surface area contributed by atoms with Crippen molar-refractivity contribution in [2.24, 2.45) is 10.8 Å². The van der Waals surface area contributed by atoms with Crippen molar-refractivity contribution in [1.82, 2.24) is 10.6 Å². The Kier molecular flexibility index (Phi) is 7.04. The minimum atomic E-state index is -0.461. The number of carbonyl (C=O) groups excluding carboxylic acids is 1. The number of aliphatic hydroxyl groups is 2. The van der Waals surface area contributed by atoms with E-state index in [4.69, 9.17) is 0 Å². The number of amides is 2. The van der Waals surface area contributed by atoms with Crippen molar-refractivity contribution in [1.29, 1.82) is 0 Å². The topological polar surface area (TPSA) is 81.6 Å². The second kappa shape index (κ2) is 8.13. The molecule has 2 amide bonds. The SMILES string of the molecule is CC(O)CC(C)(C)CNC(=O)NC(c1cccs1)C(C)(C)CO. The predicted octanol–water partition coefficient (Wildman–Crippen LogP) is 2.90. The number of nitrogens with one attached hydrogen (secondary N) is 2. The molecule has 23 heavy (non-hydrogen) atoms. The van der Waals surface area contributed by atoms with Crippen molar-refractivity contribution >= 4 is 17.4 Å². The summed E-state index contributed by atoms with van der Waals surface area (Å²) in [6.45, 7) is 10.1. The summed E-state index contributed by atoms with van der Waals surface area (Å²) in [5.74, 6) is 0. The molecule has 5 nitrogen and oxygen atoms in total. The van der Waals surface area contributed by atoms with Crippen LogP contribution < -0.4 is 10.6 Å². The van der Waals surface area contributed by atoms with E-state index in [1.807, 2.05) is 45.2 Å². The van der Waals surface area contributed by atoms with Gasteiger partial charge >= 0.3 is 6.03 Å². The molecule has 0 aromatic carbocycles. The Balaban J connectivity index is 2.68. The molecule has 4 N–H and O–H groups in total. The Hall–Kier alpha value is -1.11. The molecule has 0 radical (unpaired) electrons. The summed E-state index contributed by atoms with van der Waals surface area (Å²) in [5, 5.41) is 27.0. The quantitative estimate of drug-likeness (QED) is 0.586. The molecule has 1 rings (SSSR count). The average molecular weight is 343 g/mol. The predicted molar refractivity (Wildman–Crippen MR) is 94.5 cm³/mol. The highest BCUT2D eigenvalue weighted by molar-refractivity contribution is 7.10. The van der Waals surface area contributed by atoms with Crippen molar-refractivity contribution in [2.45, 2.75) is 53.2 Å². The largest absolute Gasteiger partial charge is 0.396 e. The molecule has 0 saturated carbocycles. The third kappa shape index (κ3) is 6.49. The van der Waals surface area contributed by atoms with E-state index in [2.05, 4.69) is 10.6 Å². The van der Waals surface area contributed by atoms with Crippen LogP contribution in [-0.2, 0) is 0 Å². The van der Waals surface area contributed by atoms with Crippen molar-refractivity contribution in [3.63, 3.8) is 0 Å². The van der Waals surface area contributed by atoms with Crippen LogP contribution in [0.3, 0.4) is 0 Å². The van der Waals surface area contributed by atoms with Gasteiger partial charge in [0.15, 0.2) is 0 Å². The lowest BCUT2D eigenvalue weighted by Crippen LogP contribution is -2.46. The number of aliphatic hydroxyl groups excluding tert-OH is 2. The Morgan fingerprint density at radius 1 is 1.35 bits per heavy atom. The van der Waals surface area contributed by atoms with Gasteiger partial charge in [0, 0.05) is 16.8 Å². The molecule has 132 valence electrons. The maximum atomic E-state index is 12.3. The first-order valence-electron chi connectivity index (χ1n) is 7.94. The van der Waals surface area contributed by atoms with Crippen LogP contribution in [0, 0.1) is 10.8 Å². The molecule has 0 spiro atoms. The molecule has 0 bridgehead atoms. The number of thiophene rings is 1. The van der Waals surface area contributed by atoms with Gasteiger partial charge in [-0.2, -0.15) is 0 Å². The second-order valence-electron chi connectivity index (χ2n) is 7.64. The van der Waals surface area contributed by atoms with Gasteiger partial charge < -0.3 is 20.8 Å². The fourth-order valence-corrected chi connectivity index (χ4v) is 3.56. The number of rotatable bonds is 8. The summed E-state index contributed by atoms with van der Waals surface area (Å²) in [4.78, 5) is 13.3. The highest BCUT2D eigenvalue weighted by Gasteiger charge is 2.32. The van der Waals surface area contributed by atoms with Crippen molar-refractivity contribution in [3.05, 3.63) is 22.4 Å². The first-order valence-corrected chi connectivity index (χ1v) is 8.82. The maximum absolute atomic E-state index is 12.3. The first kappa shape index (κ1) is 19.9. The van der Waals surface area contributed by atoms with E-state index in [1.165, 1.54) is 0 Å². The number of hydrogen-bond acceptors (Lipinski definition) is 4. The van der Waals surface area contributed by atoms with Crippen LogP contribution in [-0.4, -0.2) is 35.5 Å². The van der Waals surface area contributed by atoms with Crippen LogP contribution in [0.1, 0.15) is 52.0 Å². The normalized spacial score (nSPS) is 15.1. The van der Waals surface area contributed by atoms with Gasteiger partial charge in [-0.15, -0.1) is 11.3 Å². The third-order valence-electron chi connectivity index (χ3n) is 3.87. The molecule has 0 aliphatic carbocycles. The van der Waals surface area contributed by atoms with Gasteiger partial charge in [-0.05, 0) is 30.2 Å². The van der Waals surface area contributed by atoms with Crippen molar-refractivity contribution in [3.8, 4) is 0 Å². The van der Waals surface area contributed by atoms with Gasteiger partial charge in [0.05, 0.1) is 18.8 Å². The third-order valence-corrected chi connectivity index (χ3v) is 4.80. The monoisotopic (exact) mass is 342 g/mol. The van der Waals surface area contributed by atoms with E-state index < -0.39 is 11.5 Å². The summed E-state index contributed by atoms with van der Waals surface area (Å²) in [7, 11) is 0. The van der Waals surface area contributed by atoms with Gasteiger partial charge in [-0.3, -0.25) is 0 Å². The van der Waals surface area contributed by atoms with Gasteiger partial charge in [-0.1, -0.05) is 33.8 Å². The van der Waals surface area contributed by atoms with E-state index in [-0.39, 0.29) is 24.1 Å². The van der Waals surface area contributed by atoms with Gasteiger partial charge in [0.25, 0.3) is 0 Å². The van der Waals surface area contributed by atoms with Crippen LogP contribution in [0.25, 0.3) is 0 Å². The van der Waals surface area contributed by atoms with E-state index in [9.17, 15) is 15.0 Å². The van der Waals surface area contributed by atoms with Crippen LogP contribution in [0.15, 0.2) is 17.5 Å². The number of hydrogen-bond donors (Lipinski definition) is 4. The summed E-state index contributed by atoms with van der Waals surface area (Å²) in [6.07, 6.45) is 0.214. The van der Waals surface area contributed by atoms with E-state index in [1.54, 1.807) is 18.3 Å².